The molecule has 1 aromatic heterocycles. The van der Waals surface area contributed by atoms with Gasteiger partial charge < -0.3 is 14.2 Å². The molecule has 1 amide bonds. The fourth-order valence-corrected chi connectivity index (χ4v) is 6.18. The summed E-state index contributed by atoms with van der Waals surface area (Å²) in [6, 6.07) is 4.39. The summed E-state index contributed by atoms with van der Waals surface area (Å²) in [5.74, 6) is -1.59. The Morgan fingerprint density at radius 3 is 2.45 bits per heavy atom. The number of carbonyl (C=O) groups excluding carboxylic acids is 1. The third-order valence-corrected chi connectivity index (χ3v) is 8.14. The lowest BCUT2D eigenvalue weighted by Crippen LogP contribution is -2.50. The summed E-state index contributed by atoms with van der Waals surface area (Å²) in [5.41, 5.74) is 1.50. The molecule has 0 radical (unpaired) electrons. The standard InChI is InChI=1S/C21H25F3N4O4S/c1-26-12-18(25-13-26)33(30,31)27-8-5-14(6-9-27)19-17-4-3-16(32-2)11-15(17)7-10-28(19)20(29)21(22,23)24/h3-4,11-14,19H,5-10H2,1-2H3. The summed E-state index contributed by atoms with van der Waals surface area (Å²) in [4.78, 5) is 17.1. The number of sulfonamides is 1. The molecule has 4 rings (SSSR count). The van der Waals surface area contributed by atoms with Crippen LogP contribution in [0.25, 0.3) is 0 Å². The highest BCUT2D eigenvalue weighted by molar-refractivity contribution is 7.89. The van der Waals surface area contributed by atoms with Crippen molar-refractivity contribution in [1.29, 1.82) is 0 Å². The zero-order valence-corrected chi connectivity index (χ0v) is 19.1. The molecule has 2 aliphatic heterocycles. The van der Waals surface area contributed by atoms with Crippen LogP contribution in [0.1, 0.15) is 30.0 Å². The molecule has 180 valence electrons. The van der Waals surface area contributed by atoms with Gasteiger partial charge in [0.2, 0.25) is 0 Å². The van der Waals surface area contributed by atoms with E-state index in [0.29, 0.717) is 24.2 Å². The number of aryl methyl sites for hydroxylation is 1. The van der Waals surface area contributed by atoms with Crippen LogP contribution in [-0.4, -0.2) is 66.0 Å². The number of carbonyl (C=O) groups is 1. The average molecular weight is 487 g/mol. The van der Waals surface area contributed by atoms with Crippen molar-refractivity contribution in [3.63, 3.8) is 0 Å². The molecule has 1 saturated heterocycles. The van der Waals surface area contributed by atoms with Crippen LogP contribution in [0.2, 0.25) is 0 Å². The molecule has 2 aliphatic rings. The molecule has 0 bridgehead atoms. The normalized spacial score (nSPS) is 20.5. The first kappa shape index (κ1) is 23.6. The van der Waals surface area contributed by atoms with Gasteiger partial charge in [0.15, 0.2) is 5.03 Å². The number of methoxy groups -OCH3 is 1. The summed E-state index contributed by atoms with van der Waals surface area (Å²) < 4.78 is 73.9. The third-order valence-electron chi connectivity index (χ3n) is 6.36. The zero-order chi connectivity index (χ0) is 24.0. The van der Waals surface area contributed by atoms with Crippen molar-refractivity contribution in [2.24, 2.45) is 13.0 Å². The van der Waals surface area contributed by atoms with Crippen molar-refractivity contribution in [3.8, 4) is 5.75 Å². The molecule has 8 nitrogen and oxygen atoms in total. The molecule has 3 heterocycles. The van der Waals surface area contributed by atoms with Gasteiger partial charge in [-0.3, -0.25) is 4.79 Å². The molecular formula is C21H25F3N4O4S. The average Bonchev–Trinajstić information content (AvgIpc) is 3.24. The minimum Gasteiger partial charge on any atom is -0.497 e. The van der Waals surface area contributed by atoms with Crippen molar-refractivity contribution >= 4 is 15.9 Å². The first-order valence-corrected chi connectivity index (χ1v) is 12.0. The van der Waals surface area contributed by atoms with Crippen molar-refractivity contribution in [2.45, 2.75) is 36.5 Å². The maximum Gasteiger partial charge on any atom is 0.471 e. The smallest absolute Gasteiger partial charge is 0.471 e. The van der Waals surface area contributed by atoms with E-state index in [9.17, 15) is 26.4 Å². The second-order valence-electron chi connectivity index (χ2n) is 8.37. The number of aromatic nitrogens is 2. The molecule has 1 fully saturated rings. The Labute approximate surface area is 190 Å². The van der Waals surface area contributed by atoms with Crippen molar-refractivity contribution in [1.82, 2.24) is 18.8 Å². The van der Waals surface area contributed by atoms with Crippen LogP contribution in [0, 0.1) is 5.92 Å². The maximum absolute atomic E-state index is 13.4. The van der Waals surface area contributed by atoms with Gasteiger partial charge in [-0.05, 0) is 48.4 Å². The van der Waals surface area contributed by atoms with Crippen LogP contribution in [0.4, 0.5) is 13.2 Å². The lowest BCUT2D eigenvalue weighted by atomic mass is 9.80. The van der Waals surface area contributed by atoms with Gasteiger partial charge in [0.25, 0.3) is 10.0 Å². The summed E-state index contributed by atoms with van der Waals surface area (Å²) in [6.07, 6.45) is -1.24. The topological polar surface area (TPSA) is 84.7 Å². The van der Waals surface area contributed by atoms with Gasteiger partial charge in [0.05, 0.1) is 19.5 Å². The molecule has 1 unspecified atom stereocenters. The minimum absolute atomic E-state index is 0.0599. The van der Waals surface area contributed by atoms with E-state index in [0.717, 1.165) is 10.5 Å². The molecule has 0 saturated carbocycles. The maximum atomic E-state index is 13.4. The molecule has 0 aliphatic carbocycles. The Morgan fingerprint density at radius 1 is 1.18 bits per heavy atom. The van der Waals surface area contributed by atoms with Crippen LogP contribution < -0.4 is 4.74 Å². The Bertz CT molecular complexity index is 1140. The Kier molecular flexibility index (Phi) is 6.16. The van der Waals surface area contributed by atoms with Crippen molar-refractivity contribution in [3.05, 3.63) is 41.9 Å². The number of alkyl halides is 3. The molecule has 0 spiro atoms. The Morgan fingerprint density at radius 2 is 1.88 bits per heavy atom. The van der Waals surface area contributed by atoms with E-state index >= 15 is 0 Å². The second kappa shape index (κ2) is 8.64. The highest BCUT2D eigenvalue weighted by atomic mass is 32.2. The quantitative estimate of drug-likeness (QED) is 0.663. The molecular weight excluding hydrogens is 461 g/mol. The highest BCUT2D eigenvalue weighted by Crippen LogP contribution is 2.43. The number of imidazole rings is 1. The van der Waals surface area contributed by atoms with Crippen LogP contribution in [0.5, 0.6) is 5.75 Å². The predicted octanol–water partition coefficient (Wildman–Crippen LogP) is 2.52. The number of hydrogen-bond donors (Lipinski definition) is 0. The van der Waals surface area contributed by atoms with E-state index in [1.54, 1.807) is 25.2 Å². The fraction of sp³-hybridized carbons (Fsp3) is 0.524. The van der Waals surface area contributed by atoms with E-state index < -0.39 is 28.1 Å². The number of rotatable bonds is 4. The Hall–Kier alpha value is -2.60. The highest BCUT2D eigenvalue weighted by Gasteiger charge is 2.48. The SMILES string of the molecule is COc1ccc2c(c1)CCN(C(=O)C(F)(F)F)C2C1CCN(S(=O)(=O)c2cn(C)cn2)CC1. The van der Waals surface area contributed by atoms with Crippen molar-refractivity contribution in [2.75, 3.05) is 26.7 Å². The van der Waals surface area contributed by atoms with Crippen LogP contribution >= 0.6 is 0 Å². The molecule has 1 atom stereocenters. The van der Waals surface area contributed by atoms with E-state index in [1.165, 1.54) is 28.5 Å². The number of hydrogen-bond acceptors (Lipinski definition) is 5. The lowest BCUT2D eigenvalue weighted by molar-refractivity contribution is -0.190. The van der Waals surface area contributed by atoms with E-state index in [2.05, 4.69) is 4.98 Å². The molecule has 0 N–H and O–H groups in total. The Balaban J connectivity index is 1.61. The molecule has 2 aromatic rings. The summed E-state index contributed by atoms with van der Waals surface area (Å²) in [5, 5.41) is -0.0626. The first-order chi connectivity index (χ1) is 15.5. The number of fused-ring (bicyclic) bond motifs is 1. The first-order valence-electron chi connectivity index (χ1n) is 10.5. The van der Waals surface area contributed by atoms with Gasteiger partial charge >= 0.3 is 12.1 Å². The van der Waals surface area contributed by atoms with Gasteiger partial charge in [0.1, 0.15) is 5.75 Å². The van der Waals surface area contributed by atoms with Gasteiger partial charge in [-0.2, -0.15) is 17.5 Å². The largest absolute Gasteiger partial charge is 0.497 e. The number of amides is 1. The van der Waals surface area contributed by atoms with E-state index in [1.807, 2.05) is 0 Å². The molecule has 1 aromatic carbocycles. The second-order valence-corrected chi connectivity index (χ2v) is 10.3. The van der Waals surface area contributed by atoms with Crippen LogP contribution in [0.3, 0.4) is 0 Å². The third kappa shape index (κ3) is 4.45. The van der Waals surface area contributed by atoms with Gasteiger partial charge in [-0.1, -0.05) is 6.07 Å². The summed E-state index contributed by atoms with van der Waals surface area (Å²) >= 11 is 0. The van der Waals surface area contributed by atoms with Crippen molar-refractivity contribution < 1.29 is 31.1 Å². The number of piperidine rings is 1. The number of benzene rings is 1. The number of halogens is 3. The zero-order valence-electron chi connectivity index (χ0n) is 18.2. The van der Waals surface area contributed by atoms with Crippen LogP contribution in [-0.2, 0) is 28.3 Å². The van der Waals surface area contributed by atoms with Gasteiger partial charge in [0, 0.05) is 32.9 Å². The van der Waals surface area contributed by atoms with E-state index in [4.69, 9.17) is 4.74 Å². The van der Waals surface area contributed by atoms with Gasteiger partial charge in [-0.15, -0.1) is 0 Å². The molecule has 12 heteroatoms. The summed E-state index contributed by atoms with van der Waals surface area (Å²) in [6.45, 7) is 0.217. The monoisotopic (exact) mass is 486 g/mol. The molecule has 33 heavy (non-hydrogen) atoms. The number of nitrogens with zero attached hydrogens (tertiary/aromatic N) is 4. The fourth-order valence-electron chi connectivity index (χ4n) is 4.75. The lowest BCUT2D eigenvalue weighted by Gasteiger charge is -2.44. The van der Waals surface area contributed by atoms with Crippen LogP contribution in [0.15, 0.2) is 35.7 Å². The number of ether oxygens (including phenoxy) is 1. The minimum atomic E-state index is -4.98. The summed E-state index contributed by atoms with van der Waals surface area (Å²) in [7, 11) is -0.614. The van der Waals surface area contributed by atoms with Gasteiger partial charge in [-0.25, -0.2) is 13.4 Å². The predicted molar refractivity (Wildman–Crippen MR) is 112 cm³/mol. The van der Waals surface area contributed by atoms with E-state index in [-0.39, 0.29) is 37.0 Å².